The third-order valence-electron chi connectivity index (χ3n) is 4.04. The number of carbonyl (C=O) groups excluding carboxylic acids is 2. The zero-order chi connectivity index (χ0) is 16.8. The van der Waals surface area contributed by atoms with Gasteiger partial charge in [0.15, 0.2) is 5.76 Å². The molecular formula is C16H22N2O5. The van der Waals surface area contributed by atoms with Crippen LogP contribution in [0.5, 0.6) is 0 Å². The number of likely N-dealkylation sites (N-methyl/N-ethyl adjacent to an activating group) is 1. The highest BCUT2D eigenvalue weighted by Crippen LogP contribution is 2.21. The summed E-state index contributed by atoms with van der Waals surface area (Å²) in [7, 11) is 1.65. The summed E-state index contributed by atoms with van der Waals surface area (Å²) in [5.41, 5.74) is 0. The molecule has 1 unspecified atom stereocenters. The van der Waals surface area contributed by atoms with Gasteiger partial charge in [-0.1, -0.05) is 0 Å². The van der Waals surface area contributed by atoms with Crippen LogP contribution in [0.3, 0.4) is 0 Å². The molecule has 0 aliphatic carbocycles. The fourth-order valence-electron chi connectivity index (χ4n) is 2.81. The van der Waals surface area contributed by atoms with Crippen LogP contribution < -0.4 is 0 Å². The van der Waals surface area contributed by atoms with Gasteiger partial charge in [0.2, 0.25) is 5.91 Å². The molecule has 0 bridgehead atoms. The number of carboxylic acids is 1. The normalized spacial score (nSPS) is 17.8. The predicted octanol–water partition coefficient (Wildman–Crippen LogP) is 1.60. The topological polar surface area (TPSA) is 91.1 Å². The van der Waals surface area contributed by atoms with E-state index in [1.165, 1.54) is 11.2 Å². The summed E-state index contributed by atoms with van der Waals surface area (Å²) in [4.78, 5) is 38.7. The van der Waals surface area contributed by atoms with Gasteiger partial charge in [-0.25, -0.2) is 0 Å². The Hall–Kier alpha value is -2.31. The molecule has 126 valence electrons. The molecular weight excluding hydrogens is 300 g/mol. The number of aliphatic carboxylic acids is 1. The molecule has 1 aromatic rings. The quantitative estimate of drug-likeness (QED) is 0.859. The molecule has 1 atom stereocenters. The molecule has 1 aromatic heterocycles. The van der Waals surface area contributed by atoms with Gasteiger partial charge < -0.3 is 19.3 Å². The molecule has 0 spiro atoms. The van der Waals surface area contributed by atoms with Gasteiger partial charge in [-0.2, -0.15) is 0 Å². The van der Waals surface area contributed by atoms with Gasteiger partial charge in [-0.05, 0) is 37.8 Å². The summed E-state index contributed by atoms with van der Waals surface area (Å²) >= 11 is 0. The standard InChI is InChI=1S/C16H22N2O5/c1-17(9-4-8-14(19)20)15(21)12-6-2-3-10-18(12)16(22)13-7-5-11-23-13/h5,7,11-12H,2-4,6,8-10H2,1H3,(H,19,20). The van der Waals surface area contributed by atoms with Crippen molar-refractivity contribution in [3.8, 4) is 0 Å². The Labute approximate surface area is 134 Å². The minimum atomic E-state index is -0.877. The number of carbonyl (C=O) groups is 3. The van der Waals surface area contributed by atoms with E-state index in [4.69, 9.17) is 9.52 Å². The van der Waals surface area contributed by atoms with Gasteiger partial charge >= 0.3 is 5.97 Å². The Bertz CT molecular complexity index is 555. The number of nitrogens with zero attached hydrogens (tertiary/aromatic N) is 2. The molecule has 7 heteroatoms. The fourth-order valence-corrected chi connectivity index (χ4v) is 2.81. The monoisotopic (exact) mass is 322 g/mol. The van der Waals surface area contributed by atoms with Crippen molar-refractivity contribution >= 4 is 17.8 Å². The number of hydrogen-bond donors (Lipinski definition) is 1. The summed E-state index contributed by atoms with van der Waals surface area (Å²) in [6.07, 6.45) is 4.23. The predicted molar refractivity (Wildman–Crippen MR) is 81.9 cm³/mol. The van der Waals surface area contributed by atoms with Crippen LogP contribution in [0.25, 0.3) is 0 Å². The van der Waals surface area contributed by atoms with Gasteiger partial charge in [0.05, 0.1) is 6.26 Å². The number of amides is 2. The number of rotatable bonds is 6. The first-order chi connectivity index (χ1) is 11.0. The van der Waals surface area contributed by atoms with E-state index >= 15 is 0 Å². The average Bonchev–Trinajstić information content (AvgIpc) is 3.07. The molecule has 23 heavy (non-hydrogen) atoms. The van der Waals surface area contributed by atoms with E-state index in [2.05, 4.69) is 0 Å². The maximum absolute atomic E-state index is 12.6. The highest BCUT2D eigenvalue weighted by Gasteiger charge is 2.35. The molecule has 2 rings (SSSR count). The molecule has 0 aromatic carbocycles. The van der Waals surface area contributed by atoms with Crippen LogP contribution in [0, 0.1) is 0 Å². The van der Waals surface area contributed by atoms with Gasteiger partial charge in [-0.3, -0.25) is 14.4 Å². The third kappa shape index (κ3) is 4.34. The lowest BCUT2D eigenvalue weighted by Gasteiger charge is -2.36. The van der Waals surface area contributed by atoms with E-state index < -0.39 is 12.0 Å². The molecule has 1 aliphatic rings. The van der Waals surface area contributed by atoms with Crippen molar-refractivity contribution in [3.05, 3.63) is 24.2 Å². The minimum absolute atomic E-state index is 0.0251. The van der Waals surface area contributed by atoms with Crippen molar-refractivity contribution < 1.29 is 23.9 Å². The van der Waals surface area contributed by atoms with Crippen molar-refractivity contribution in [2.45, 2.75) is 38.1 Å². The van der Waals surface area contributed by atoms with Crippen LogP contribution in [0.2, 0.25) is 0 Å². The summed E-state index contributed by atoms with van der Waals surface area (Å²) < 4.78 is 5.15. The molecule has 0 saturated carbocycles. The van der Waals surface area contributed by atoms with E-state index in [1.807, 2.05) is 0 Å². The van der Waals surface area contributed by atoms with Crippen LogP contribution in [0.4, 0.5) is 0 Å². The zero-order valence-corrected chi connectivity index (χ0v) is 13.2. The Morgan fingerprint density at radius 3 is 2.83 bits per heavy atom. The first-order valence-electron chi connectivity index (χ1n) is 7.82. The number of piperidine rings is 1. The van der Waals surface area contributed by atoms with E-state index in [0.717, 1.165) is 12.8 Å². The highest BCUT2D eigenvalue weighted by atomic mass is 16.4. The lowest BCUT2D eigenvalue weighted by atomic mass is 10.0. The largest absolute Gasteiger partial charge is 0.481 e. The van der Waals surface area contributed by atoms with Gasteiger partial charge in [0, 0.05) is 26.6 Å². The number of furan rings is 1. The minimum Gasteiger partial charge on any atom is -0.481 e. The fraction of sp³-hybridized carbons (Fsp3) is 0.562. The van der Waals surface area contributed by atoms with Crippen molar-refractivity contribution in [3.63, 3.8) is 0 Å². The molecule has 1 N–H and O–H groups in total. The van der Waals surface area contributed by atoms with E-state index in [-0.39, 0.29) is 24.0 Å². The molecule has 0 radical (unpaired) electrons. The first-order valence-corrected chi connectivity index (χ1v) is 7.82. The van der Waals surface area contributed by atoms with Gasteiger partial charge in [0.1, 0.15) is 6.04 Å². The van der Waals surface area contributed by atoms with Crippen LogP contribution in [0.1, 0.15) is 42.7 Å². The molecule has 2 heterocycles. The maximum Gasteiger partial charge on any atom is 0.303 e. The van der Waals surface area contributed by atoms with Gasteiger partial charge in [0.25, 0.3) is 5.91 Å². The number of likely N-dealkylation sites (tertiary alicyclic amines) is 1. The second-order valence-electron chi connectivity index (χ2n) is 5.74. The second kappa shape index (κ2) is 7.80. The summed E-state index contributed by atoms with van der Waals surface area (Å²) in [6.45, 7) is 0.892. The summed E-state index contributed by atoms with van der Waals surface area (Å²) in [6, 6.07) is 2.73. The Balaban J connectivity index is 2.01. The van der Waals surface area contributed by atoms with Crippen molar-refractivity contribution in [1.29, 1.82) is 0 Å². The van der Waals surface area contributed by atoms with E-state index in [9.17, 15) is 14.4 Å². The molecule has 2 amide bonds. The smallest absolute Gasteiger partial charge is 0.303 e. The Morgan fingerprint density at radius 1 is 1.39 bits per heavy atom. The van der Waals surface area contributed by atoms with E-state index in [0.29, 0.717) is 25.9 Å². The number of hydrogen-bond acceptors (Lipinski definition) is 4. The lowest BCUT2D eigenvalue weighted by Crippen LogP contribution is -2.52. The van der Waals surface area contributed by atoms with Crippen molar-refractivity contribution in [2.75, 3.05) is 20.1 Å². The second-order valence-corrected chi connectivity index (χ2v) is 5.74. The summed E-state index contributed by atoms with van der Waals surface area (Å²) in [5.74, 6) is -1.06. The molecule has 7 nitrogen and oxygen atoms in total. The average molecular weight is 322 g/mol. The SMILES string of the molecule is CN(CCCC(=O)O)C(=O)C1CCCCN1C(=O)c1ccco1. The van der Waals surface area contributed by atoms with Crippen molar-refractivity contribution in [2.24, 2.45) is 0 Å². The lowest BCUT2D eigenvalue weighted by molar-refractivity contribution is -0.139. The Morgan fingerprint density at radius 2 is 2.17 bits per heavy atom. The van der Waals surface area contributed by atoms with Crippen LogP contribution in [0.15, 0.2) is 22.8 Å². The van der Waals surface area contributed by atoms with Crippen molar-refractivity contribution in [1.82, 2.24) is 9.80 Å². The van der Waals surface area contributed by atoms with E-state index in [1.54, 1.807) is 24.1 Å². The zero-order valence-electron chi connectivity index (χ0n) is 13.2. The molecule has 1 fully saturated rings. The molecule has 1 saturated heterocycles. The summed E-state index contributed by atoms with van der Waals surface area (Å²) in [5, 5.41) is 8.67. The van der Waals surface area contributed by atoms with Crippen LogP contribution in [-0.2, 0) is 9.59 Å². The molecule has 1 aliphatic heterocycles. The van der Waals surface area contributed by atoms with Crippen LogP contribution in [-0.4, -0.2) is 58.9 Å². The first kappa shape index (κ1) is 17.1. The highest BCUT2D eigenvalue weighted by molar-refractivity contribution is 5.95. The third-order valence-corrected chi connectivity index (χ3v) is 4.04. The maximum atomic E-state index is 12.6. The van der Waals surface area contributed by atoms with Gasteiger partial charge in [-0.15, -0.1) is 0 Å². The number of carboxylic acid groups (broad SMARTS) is 1. The van der Waals surface area contributed by atoms with Crippen LogP contribution >= 0.6 is 0 Å². The Kier molecular flexibility index (Phi) is 5.78.